The minimum atomic E-state index is -0.124. The van der Waals surface area contributed by atoms with Crippen molar-refractivity contribution in [2.24, 2.45) is 0 Å². The monoisotopic (exact) mass is 395 g/mol. The fourth-order valence-corrected chi connectivity index (χ4v) is 4.56. The number of nitrogens with one attached hydrogen (secondary N) is 1. The quantitative estimate of drug-likeness (QED) is 0.669. The summed E-state index contributed by atoms with van der Waals surface area (Å²) in [6.45, 7) is -0.0794. The van der Waals surface area contributed by atoms with E-state index in [1.54, 1.807) is 0 Å². The number of thiazole rings is 1. The van der Waals surface area contributed by atoms with Crippen molar-refractivity contribution in [3.63, 3.8) is 0 Å². The molecule has 2 fully saturated rings. The van der Waals surface area contributed by atoms with Gasteiger partial charge < -0.3 is 15.0 Å². The maximum Gasteiger partial charge on any atom is 0.270 e. The molecule has 0 radical (unpaired) electrons. The van der Waals surface area contributed by atoms with Crippen LogP contribution in [0.15, 0.2) is 35.7 Å². The molecule has 2 heterocycles. The number of nitrogens with zero attached hydrogens (tertiary/aromatic N) is 4. The Hall–Kier alpha value is -2.58. The van der Waals surface area contributed by atoms with Crippen molar-refractivity contribution in [1.29, 1.82) is 0 Å². The summed E-state index contributed by atoms with van der Waals surface area (Å²) >= 11 is 1.48. The van der Waals surface area contributed by atoms with Crippen molar-refractivity contribution in [2.45, 2.75) is 50.3 Å². The Morgan fingerprint density at radius 3 is 2.71 bits per heavy atom. The van der Waals surface area contributed by atoms with Crippen LogP contribution in [0.2, 0.25) is 0 Å². The fourth-order valence-electron chi connectivity index (χ4n) is 3.75. The highest BCUT2D eigenvalue weighted by atomic mass is 32.1. The molecule has 0 spiro atoms. The second-order valence-corrected chi connectivity index (χ2v) is 8.33. The lowest BCUT2D eigenvalue weighted by Crippen LogP contribution is -2.44. The molecule has 0 aliphatic heterocycles. The maximum atomic E-state index is 12.5. The van der Waals surface area contributed by atoms with E-state index in [0.29, 0.717) is 17.6 Å². The van der Waals surface area contributed by atoms with Gasteiger partial charge in [-0.05, 0) is 25.7 Å². The van der Waals surface area contributed by atoms with Crippen molar-refractivity contribution >= 4 is 17.2 Å². The zero-order valence-electron chi connectivity index (χ0n) is 15.3. The number of carbonyl (C=O) groups is 1. The highest BCUT2D eigenvalue weighted by Gasteiger charge is 2.38. The van der Waals surface area contributed by atoms with E-state index in [1.165, 1.54) is 11.3 Å². The number of aromatic nitrogens is 4. The number of carbonyl (C=O) groups excluding carboxylic acids is 1. The van der Waals surface area contributed by atoms with E-state index in [0.717, 1.165) is 42.1 Å². The van der Waals surface area contributed by atoms with E-state index in [9.17, 15) is 9.90 Å². The Morgan fingerprint density at radius 2 is 2.00 bits per heavy atom. The van der Waals surface area contributed by atoms with Crippen LogP contribution in [-0.4, -0.2) is 36.8 Å². The van der Waals surface area contributed by atoms with Crippen molar-refractivity contribution in [2.75, 3.05) is 0 Å². The number of aliphatic hydroxyl groups is 1. The van der Waals surface area contributed by atoms with Crippen LogP contribution in [0.5, 0.6) is 0 Å². The fraction of sp³-hybridized carbons (Fsp3) is 0.400. The summed E-state index contributed by atoms with van der Waals surface area (Å²) < 4.78 is 2.11. The maximum absolute atomic E-state index is 12.5. The molecule has 0 saturated heterocycles. The number of aliphatic hydroxyl groups excluding tert-OH is 1. The highest BCUT2D eigenvalue weighted by molar-refractivity contribution is 7.13. The van der Waals surface area contributed by atoms with Gasteiger partial charge in [0.25, 0.3) is 5.91 Å². The first-order valence-electron chi connectivity index (χ1n) is 9.59. The second-order valence-electron chi connectivity index (χ2n) is 7.48. The Labute approximate surface area is 166 Å². The lowest BCUT2D eigenvalue weighted by atomic mass is 9.79. The first-order valence-corrected chi connectivity index (χ1v) is 10.5. The SMILES string of the molecule is O=C(NC1CC(c2nnc(CO)n2C2CC2)C1)c1csc(-c2ccccc2)n1. The number of benzene rings is 1. The third kappa shape index (κ3) is 3.22. The van der Waals surface area contributed by atoms with E-state index in [-0.39, 0.29) is 24.5 Å². The molecule has 2 saturated carbocycles. The van der Waals surface area contributed by atoms with Crippen LogP contribution in [0, 0.1) is 0 Å². The van der Waals surface area contributed by atoms with Crippen LogP contribution < -0.4 is 5.32 Å². The third-order valence-corrected chi connectivity index (χ3v) is 6.33. The highest BCUT2D eigenvalue weighted by Crippen LogP contribution is 2.42. The number of amides is 1. The van der Waals surface area contributed by atoms with Crippen molar-refractivity contribution < 1.29 is 9.90 Å². The molecule has 1 aromatic carbocycles. The third-order valence-electron chi connectivity index (χ3n) is 5.44. The number of rotatable bonds is 6. The van der Waals surface area contributed by atoms with Gasteiger partial charge in [-0.2, -0.15) is 0 Å². The first kappa shape index (κ1) is 17.5. The van der Waals surface area contributed by atoms with Crippen molar-refractivity contribution in [3.05, 3.63) is 53.1 Å². The largest absolute Gasteiger partial charge is 0.388 e. The van der Waals surface area contributed by atoms with Crippen LogP contribution in [-0.2, 0) is 6.61 Å². The lowest BCUT2D eigenvalue weighted by Gasteiger charge is -2.35. The molecule has 5 rings (SSSR count). The van der Waals surface area contributed by atoms with Gasteiger partial charge in [-0.1, -0.05) is 30.3 Å². The molecular formula is C20H21N5O2S. The van der Waals surface area contributed by atoms with Gasteiger partial charge in [-0.3, -0.25) is 4.79 Å². The van der Waals surface area contributed by atoms with Gasteiger partial charge in [0.1, 0.15) is 23.1 Å². The molecule has 1 amide bonds. The van der Waals surface area contributed by atoms with Gasteiger partial charge >= 0.3 is 0 Å². The van der Waals surface area contributed by atoms with Crippen LogP contribution in [0.1, 0.15) is 59.8 Å². The van der Waals surface area contributed by atoms with Gasteiger partial charge in [-0.25, -0.2) is 4.98 Å². The molecule has 8 heteroatoms. The Bertz CT molecular complexity index is 989. The Kier molecular flexibility index (Phi) is 4.44. The topological polar surface area (TPSA) is 92.9 Å². The Balaban J connectivity index is 1.21. The smallest absolute Gasteiger partial charge is 0.270 e. The zero-order chi connectivity index (χ0) is 19.1. The Morgan fingerprint density at radius 1 is 1.21 bits per heavy atom. The average Bonchev–Trinajstić information content (AvgIpc) is 3.25. The van der Waals surface area contributed by atoms with Crippen LogP contribution in [0.3, 0.4) is 0 Å². The molecule has 0 atom stereocenters. The summed E-state index contributed by atoms with van der Waals surface area (Å²) in [5, 5.41) is 23.7. The molecule has 0 bridgehead atoms. The van der Waals surface area contributed by atoms with Gasteiger partial charge in [-0.15, -0.1) is 21.5 Å². The first-order chi connectivity index (χ1) is 13.7. The van der Waals surface area contributed by atoms with Gasteiger partial charge in [0.05, 0.1) is 0 Å². The molecule has 2 aromatic heterocycles. The summed E-state index contributed by atoms with van der Waals surface area (Å²) in [6.07, 6.45) is 3.94. The standard InChI is InChI=1S/C20H21N5O2S/c26-10-17-23-24-18(25(17)15-6-7-15)13-8-14(9-13)21-19(27)16-11-28-20(22-16)12-4-2-1-3-5-12/h1-5,11,13-15,26H,6-10H2,(H,21,27). The molecule has 7 nitrogen and oxygen atoms in total. The van der Waals surface area contributed by atoms with Gasteiger partial charge in [0.2, 0.25) is 0 Å². The number of hydrogen-bond donors (Lipinski definition) is 2. The molecular weight excluding hydrogens is 374 g/mol. The van der Waals surface area contributed by atoms with E-state index in [1.807, 2.05) is 35.7 Å². The minimum Gasteiger partial charge on any atom is -0.388 e. The van der Waals surface area contributed by atoms with Crippen LogP contribution in [0.4, 0.5) is 0 Å². The van der Waals surface area contributed by atoms with Crippen LogP contribution in [0.25, 0.3) is 10.6 Å². The predicted molar refractivity (Wildman–Crippen MR) is 105 cm³/mol. The average molecular weight is 395 g/mol. The summed E-state index contributed by atoms with van der Waals surface area (Å²) in [5.41, 5.74) is 1.49. The molecule has 144 valence electrons. The molecule has 28 heavy (non-hydrogen) atoms. The van der Waals surface area contributed by atoms with Crippen LogP contribution >= 0.6 is 11.3 Å². The predicted octanol–water partition coefficient (Wildman–Crippen LogP) is 2.90. The summed E-state index contributed by atoms with van der Waals surface area (Å²) in [7, 11) is 0. The van der Waals surface area contributed by atoms with Gasteiger partial charge in [0, 0.05) is 28.9 Å². The minimum absolute atomic E-state index is 0.0794. The zero-order valence-corrected chi connectivity index (χ0v) is 16.1. The molecule has 3 aromatic rings. The number of hydrogen-bond acceptors (Lipinski definition) is 6. The van der Waals surface area contributed by atoms with E-state index < -0.39 is 0 Å². The van der Waals surface area contributed by atoms with Crippen molar-refractivity contribution in [3.8, 4) is 10.6 Å². The normalized spacial score (nSPS) is 21.3. The lowest BCUT2D eigenvalue weighted by molar-refractivity contribution is 0.0902. The molecule has 0 unspecified atom stereocenters. The molecule has 2 aliphatic carbocycles. The van der Waals surface area contributed by atoms with E-state index in [4.69, 9.17) is 0 Å². The summed E-state index contributed by atoms with van der Waals surface area (Å²) in [6, 6.07) is 10.4. The van der Waals surface area contributed by atoms with E-state index in [2.05, 4.69) is 25.1 Å². The molecule has 2 N–H and O–H groups in total. The van der Waals surface area contributed by atoms with Crippen molar-refractivity contribution in [1.82, 2.24) is 25.1 Å². The summed E-state index contributed by atoms with van der Waals surface area (Å²) in [5.74, 6) is 1.77. The molecule has 2 aliphatic rings. The van der Waals surface area contributed by atoms with E-state index >= 15 is 0 Å². The van der Waals surface area contributed by atoms with Gasteiger partial charge in [0.15, 0.2) is 5.82 Å². The second kappa shape index (κ2) is 7.10. The summed E-state index contributed by atoms with van der Waals surface area (Å²) in [4.78, 5) is 17.0.